The van der Waals surface area contributed by atoms with Crippen LogP contribution < -0.4 is 10.6 Å². The van der Waals surface area contributed by atoms with Gasteiger partial charge in [-0.3, -0.25) is 4.79 Å². The van der Waals surface area contributed by atoms with Gasteiger partial charge in [-0.25, -0.2) is 4.79 Å². The Kier molecular flexibility index (Phi) is 5.50. The molecule has 2 rings (SSSR count). The molecule has 1 aliphatic heterocycles. The quantitative estimate of drug-likeness (QED) is 0.748. The van der Waals surface area contributed by atoms with Crippen LogP contribution in [0.1, 0.15) is 24.3 Å². The highest BCUT2D eigenvalue weighted by molar-refractivity contribution is 7.98. The molecule has 6 heteroatoms. The van der Waals surface area contributed by atoms with Gasteiger partial charge in [-0.1, -0.05) is 18.2 Å². The molecule has 1 amide bonds. The highest BCUT2D eigenvalue weighted by atomic mass is 32.2. The standard InChI is InChI=1S/C15H20N2O3S/c1-21-9-7-13(15(19)20)17-14(18)11-6-8-16-12-5-3-2-4-10(11)12/h2-5,11,13,16H,6-9H2,1H3,(H,17,18)(H,19,20). The van der Waals surface area contributed by atoms with Crippen LogP contribution in [0.4, 0.5) is 5.69 Å². The predicted octanol–water partition coefficient (Wildman–Crippen LogP) is 1.91. The van der Waals surface area contributed by atoms with E-state index in [9.17, 15) is 14.7 Å². The average molecular weight is 308 g/mol. The number of para-hydroxylation sites is 1. The van der Waals surface area contributed by atoms with E-state index in [1.807, 2.05) is 30.5 Å². The lowest BCUT2D eigenvalue weighted by molar-refractivity contribution is -0.142. The fourth-order valence-corrected chi connectivity index (χ4v) is 2.98. The lowest BCUT2D eigenvalue weighted by Crippen LogP contribution is -2.44. The third-order valence-corrected chi connectivity index (χ3v) is 4.27. The van der Waals surface area contributed by atoms with Gasteiger partial charge in [-0.2, -0.15) is 11.8 Å². The lowest BCUT2D eigenvalue weighted by Gasteiger charge is -2.27. The van der Waals surface area contributed by atoms with Crippen molar-refractivity contribution in [1.29, 1.82) is 0 Å². The number of fused-ring (bicyclic) bond motifs is 1. The third kappa shape index (κ3) is 3.91. The van der Waals surface area contributed by atoms with Crippen LogP contribution in [-0.2, 0) is 9.59 Å². The first-order chi connectivity index (χ1) is 10.1. The molecule has 5 nitrogen and oxygen atoms in total. The Hall–Kier alpha value is -1.69. The summed E-state index contributed by atoms with van der Waals surface area (Å²) in [6.45, 7) is 0.720. The molecule has 0 spiro atoms. The number of hydrogen-bond donors (Lipinski definition) is 3. The molecule has 2 atom stereocenters. The second-order valence-electron chi connectivity index (χ2n) is 5.04. The van der Waals surface area contributed by atoms with Crippen LogP contribution in [0.25, 0.3) is 0 Å². The van der Waals surface area contributed by atoms with E-state index < -0.39 is 12.0 Å². The first kappa shape index (κ1) is 15.7. The Balaban J connectivity index is 2.08. The SMILES string of the molecule is CSCCC(NC(=O)C1CCNc2ccccc21)C(=O)O. The maximum atomic E-state index is 12.4. The van der Waals surface area contributed by atoms with Gasteiger partial charge in [0.05, 0.1) is 5.92 Å². The zero-order valence-corrected chi connectivity index (χ0v) is 12.8. The summed E-state index contributed by atoms with van der Waals surface area (Å²) in [4.78, 5) is 23.7. The van der Waals surface area contributed by atoms with Gasteiger partial charge in [0.2, 0.25) is 5.91 Å². The molecular formula is C15H20N2O3S. The van der Waals surface area contributed by atoms with E-state index in [0.717, 1.165) is 17.8 Å². The van der Waals surface area contributed by atoms with Crippen LogP contribution in [0, 0.1) is 0 Å². The minimum atomic E-state index is -0.973. The van der Waals surface area contributed by atoms with E-state index in [1.165, 1.54) is 0 Å². The minimum Gasteiger partial charge on any atom is -0.480 e. The molecule has 1 aromatic carbocycles. The first-order valence-electron chi connectivity index (χ1n) is 6.98. The van der Waals surface area contributed by atoms with Crippen LogP contribution in [0.5, 0.6) is 0 Å². The monoisotopic (exact) mass is 308 g/mol. The number of rotatable bonds is 6. The van der Waals surface area contributed by atoms with Crippen molar-refractivity contribution in [3.05, 3.63) is 29.8 Å². The number of carbonyl (C=O) groups is 2. The van der Waals surface area contributed by atoms with Gasteiger partial charge in [0, 0.05) is 12.2 Å². The Bertz CT molecular complexity index is 521. The molecule has 0 aliphatic carbocycles. The Labute approximate surface area is 128 Å². The summed E-state index contributed by atoms with van der Waals surface area (Å²) in [5, 5.41) is 15.1. The number of amides is 1. The normalized spacial score (nSPS) is 18.2. The van der Waals surface area contributed by atoms with E-state index in [4.69, 9.17) is 0 Å². The summed E-state index contributed by atoms with van der Waals surface area (Å²) in [6, 6.07) is 6.87. The van der Waals surface area contributed by atoms with Crippen molar-refractivity contribution >= 4 is 29.3 Å². The van der Waals surface area contributed by atoms with Crippen LogP contribution in [0.2, 0.25) is 0 Å². The number of thioether (sulfide) groups is 1. The van der Waals surface area contributed by atoms with Gasteiger partial charge in [-0.05, 0) is 36.5 Å². The summed E-state index contributed by atoms with van der Waals surface area (Å²) in [6.07, 6.45) is 3.04. The minimum absolute atomic E-state index is 0.197. The number of aliphatic carboxylic acids is 1. The van der Waals surface area contributed by atoms with E-state index in [-0.39, 0.29) is 11.8 Å². The van der Waals surface area contributed by atoms with Gasteiger partial charge < -0.3 is 15.7 Å². The maximum absolute atomic E-state index is 12.4. The number of carboxylic acids is 1. The summed E-state index contributed by atoms with van der Waals surface area (Å²) < 4.78 is 0. The smallest absolute Gasteiger partial charge is 0.326 e. The molecule has 21 heavy (non-hydrogen) atoms. The average Bonchev–Trinajstić information content (AvgIpc) is 2.50. The van der Waals surface area contributed by atoms with E-state index >= 15 is 0 Å². The number of anilines is 1. The highest BCUT2D eigenvalue weighted by Crippen LogP contribution is 2.31. The van der Waals surface area contributed by atoms with Crippen molar-refractivity contribution in [3.63, 3.8) is 0 Å². The molecule has 0 fully saturated rings. The fourth-order valence-electron chi connectivity index (χ4n) is 2.51. The molecular weight excluding hydrogens is 288 g/mol. The van der Waals surface area contributed by atoms with Crippen LogP contribution >= 0.6 is 11.8 Å². The van der Waals surface area contributed by atoms with Gasteiger partial charge in [-0.15, -0.1) is 0 Å². The molecule has 1 heterocycles. The first-order valence-corrected chi connectivity index (χ1v) is 8.37. The largest absolute Gasteiger partial charge is 0.480 e. The van der Waals surface area contributed by atoms with E-state index in [2.05, 4.69) is 10.6 Å². The van der Waals surface area contributed by atoms with Crippen molar-refractivity contribution in [3.8, 4) is 0 Å². The summed E-state index contributed by atoms with van der Waals surface area (Å²) in [5.41, 5.74) is 1.90. The predicted molar refractivity (Wildman–Crippen MR) is 84.9 cm³/mol. The molecule has 0 aromatic heterocycles. The summed E-state index contributed by atoms with van der Waals surface area (Å²) in [5.74, 6) is -0.740. The van der Waals surface area contributed by atoms with Crippen LogP contribution in [0.3, 0.4) is 0 Å². The number of carbonyl (C=O) groups excluding carboxylic acids is 1. The molecule has 2 unspecified atom stereocenters. The molecule has 114 valence electrons. The Morgan fingerprint density at radius 3 is 2.95 bits per heavy atom. The Morgan fingerprint density at radius 2 is 2.24 bits per heavy atom. The molecule has 0 bridgehead atoms. The van der Waals surface area contributed by atoms with Gasteiger partial charge in [0.25, 0.3) is 0 Å². The molecule has 0 saturated heterocycles. The summed E-state index contributed by atoms with van der Waals surface area (Å²) >= 11 is 1.57. The number of benzene rings is 1. The number of nitrogens with one attached hydrogen (secondary N) is 2. The number of hydrogen-bond acceptors (Lipinski definition) is 4. The topological polar surface area (TPSA) is 78.4 Å². The highest BCUT2D eigenvalue weighted by Gasteiger charge is 2.29. The third-order valence-electron chi connectivity index (χ3n) is 3.63. The zero-order valence-electron chi connectivity index (χ0n) is 12.0. The lowest BCUT2D eigenvalue weighted by atomic mass is 9.90. The van der Waals surface area contributed by atoms with Crippen molar-refractivity contribution in [2.24, 2.45) is 0 Å². The second kappa shape index (κ2) is 7.36. The van der Waals surface area contributed by atoms with Crippen molar-refractivity contribution < 1.29 is 14.7 Å². The van der Waals surface area contributed by atoms with Crippen molar-refractivity contribution in [2.45, 2.75) is 24.8 Å². The maximum Gasteiger partial charge on any atom is 0.326 e. The second-order valence-corrected chi connectivity index (χ2v) is 6.02. The van der Waals surface area contributed by atoms with E-state index in [0.29, 0.717) is 18.6 Å². The van der Waals surface area contributed by atoms with Crippen molar-refractivity contribution in [2.75, 3.05) is 23.9 Å². The van der Waals surface area contributed by atoms with E-state index in [1.54, 1.807) is 11.8 Å². The Morgan fingerprint density at radius 1 is 1.48 bits per heavy atom. The number of carboxylic acid groups (broad SMARTS) is 1. The van der Waals surface area contributed by atoms with Gasteiger partial charge in [0.15, 0.2) is 0 Å². The van der Waals surface area contributed by atoms with Gasteiger partial charge in [0.1, 0.15) is 6.04 Å². The summed E-state index contributed by atoms with van der Waals surface area (Å²) in [7, 11) is 0. The molecule has 3 N–H and O–H groups in total. The fraction of sp³-hybridized carbons (Fsp3) is 0.467. The molecule has 0 saturated carbocycles. The van der Waals surface area contributed by atoms with Crippen molar-refractivity contribution in [1.82, 2.24) is 5.32 Å². The molecule has 0 radical (unpaired) electrons. The molecule has 1 aromatic rings. The van der Waals surface area contributed by atoms with Crippen LogP contribution in [-0.4, -0.2) is 41.6 Å². The molecule has 1 aliphatic rings. The van der Waals surface area contributed by atoms with Gasteiger partial charge >= 0.3 is 5.97 Å². The zero-order chi connectivity index (χ0) is 15.2. The van der Waals surface area contributed by atoms with Crippen LogP contribution in [0.15, 0.2) is 24.3 Å².